The summed E-state index contributed by atoms with van der Waals surface area (Å²) in [5.41, 5.74) is 2.28. The minimum atomic E-state index is -0.215. The van der Waals surface area contributed by atoms with Crippen LogP contribution in [0.3, 0.4) is 0 Å². The Morgan fingerprint density at radius 2 is 1.89 bits per heavy atom. The zero-order valence-corrected chi connectivity index (χ0v) is 18.8. The Balaban J connectivity index is 0.00000280. The van der Waals surface area contributed by atoms with Gasteiger partial charge in [-0.2, -0.15) is 0 Å². The van der Waals surface area contributed by atoms with Crippen LogP contribution in [0.2, 0.25) is 0 Å². The van der Waals surface area contributed by atoms with Crippen molar-refractivity contribution in [2.75, 3.05) is 27.2 Å². The largest absolute Gasteiger partial charge is 0.373 e. The number of hydrogen-bond acceptors (Lipinski definition) is 2. The lowest BCUT2D eigenvalue weighted by Crippen LogP contribution is -2.42. The first-order valence-corrected chi connectivity index (χ1v) is 9.50. The van der Waals surface area contributed by atoms with E-state index in [9.17, 15) is 4.39 Å². The van der Waals surface area contributed by atoms with Crippen LogP contribution in [0, 0.1) is 11.7 Å². The maximum atomic E-state index is 13.1. The maximum Gasteiger partial charge on any atom is 0.193 e. The van der Waals surface area contributed by atoms with Crippen molar-refractivity contribution in [2.45, 2.75) is 25.5 Å². The molecule has 1 fully saturated rings. The average Bonchev–Trinajstić information content (AvgIpc) is 2.71. The summed E-state index contributed by atoms with van der Waals surface area (Å²) in [6, 6.07) is 17.0. The van der Waals surface area contributed by atoms with Gasteiger partial charge in [0.05, 0.1) is 6.10 Å². The molecular formula is C22H29FIN3O. The summed E-state index contributed by atoms with van der Waals surface area (Å²) in [7, 11) is 3.78. The van der Waals surface area contributed by atoms with Gasteiger partial charge >= 0.3 is 0 Å². The number of guanidine groups is 1. The highest BCUT2D eigenvalue weighted by atomic mass is 127. The summed E-state index contributed by atoms with van der Waals surface area (Å²) in [4.78, 5) is 6.45. The van der Waals surface area contributed by atoms with Crippen molar-refractivity contribution in [3.05, 3.63) is 71.5 Å². The van der Waals surface area contributed by atoms with E-state index in [1.165, 1.54) is 17.7 Å². The topological polar surface area (TPSA) is 36.9 Å². The van der Waals surface area contributed by atoms with Gasteiger partial charge in [-0.25, -0.2) is 4.39 Å². The van der Waals surface area contributed by atoms with E-state index in [4.69, 9.17) is 4.74 Å². The molecule has 1 heterocycles. The molecular weight excluding hydrogens is 468 g/mol. The molecule has 2 unspecified atom stereocenters. The molecule has 6 heteroatoms. The fourth-order valence-corrected chi connectivity index (χ4v) is 3.61. The van der Waals surface area contributed by atoms with Gasteiger partial charge in [-0.05, 0) is 36.1 Å². The van der Waals surface area contributed by atoms with E-state index in [0.29, 0.717) is 12.5 Å². The fraction of sp³-hybridized carbons (Fsp3) is 0.409. The maximum absolute atomic E-state index is 13.1. The van der Waals surface area contributed by atoms with Crippen LogP contribution in [0.4, 0.5) is 4.39 Å². The second-order valence-corrected chi connectivity index (χ2v) is 7.02. The number of benzene rings is 2. The van der Waals surface area contributed by atoms with Gasteiger partial charge in [-0.3, -0.25) is 4.99 Å². The van der Waals surface area contributed by atoms with E-state index in [-0.39, 0.29) is 35.9 Å². The van der Waals surface area contributed by atoms with E-state index in [0.717, 1.165) is 37.5 Å². The van der Waals surface area contributed by atoms with Crippen LogP contribution in [-0.4, -0.2) is 38.1 Å². The summed E-state index contributed by atoms with van der Waals surface area (Å²) >= 11 is 0. The van der Waals surface area contributed by atoms with Crippen molar-refractivity contribution < 1.29 is 9.13 Å². The Morgan fingerprint density at radius 1 is 1.18 bits per heavy atom. The highest BCUT2D eigenvalue weighted by Crippen LogP contribution is 2.33. The van der Waals surface area contributed by atoms with Crippen LogP contribution in [0.15, 0.2) is 59.6 Å². The number of nitrogens with one attached hydrogen (secondary N) is 1. The van der Waals surface area contributed by atoms with E-state index >= 15 is 0 Å². The molecule has 1 saturated heterocycles. The molecule has 4 nitrogen and oxygen atoms in total. The SMILES string of the molecule is CN=C(NCC1CCCOC1c1ccccc1)N(C)Cc1ccc(F)cc1.I. The molecule has 28 heavy (non-hydrogen) atoms. The molecule has 0 spiro atoms. The van der Waals surface area contributed by atoms with Crippen molar-refractivity contribution in [2.24, 2.45) is 10.9 Å². The standard InChI is InChI=1S/C22H28FN3O.HI/c1-24-22(26(2)16-17-10-12-20(23)13-11-17)25-15-19-9-6-14-27-21(19)18-7-4-3-5-8-18;/h3-5,7-8,10-13,19,21H,6,9,14-16H2,1-2H3,(H,24,25);1H. The molecule has 0 bridgehead atoms. The van der Waals surface area contributed by atoms with Gasteiger partial charge in [0.15, 0.2) is 5.96 Å². The summed E-state index contributed by atoms with van der Waals surface area (Å²) < 4.78 is 19.2. The minimum absolute atomic E-state index is 0. The average molecular weight is 497 g/mol. The van der Waals surface area contributed by atoms with Crippen LogP contribution in [0.1, 0.15) is 30.1 Å². The van der Waals surface area contributed by atoms with Gasteiger partial charge in [0.2, 0.25) is 0 Å². The van der Waals surface area contributed by atoms with Gasteiger partial charge in [0.25, 0.3) is 0 Å². The Kier molecular flexibility index (Phi) is 9.18. The third-order valence-corrected chi connectivity index (χ3v) is 5.00. The predicted molar refractivity (Wildman–Crippen MR) is 123 cm³/mol. The molecule has 2 atom stereocenters. The predicted octanol–water partition coefficient (Wildman–Crippen LogP) is 4.62. The van der Waals surface area contributed by atoms with Crippen molar-refractivity contribution in [1.29, 1.82) is 0 Å². The lowest BCUT2D eigenvalue weighted by atomic mass is 9.89. The normalized spacial score (nSPS) is 19.6. The molecule has 1 N–H and O–H groups in total. The number of hydrogen-bond donors (Lipinski definition) is 1. The van der Waals surface area contributed by atoms with Gasteiger partial charge in [0.1, 0.15) is 5.82 Å². The number of nitrogens with zero attached hydrogens (tertiary/aromatic N) is 2. The highest BCUT2D eigenvalue weighted by molar-refractivity contribution is 14.0. The first-order valence-electron chi connectivity index (χ1n) is 9.50. The number of halogens is 2. The second kappa shape index (κ2) is 11.4. The lowest BCUT2D eigenvalue weighted by Gasteiger charge is -2.33. The van der Waals surface area contributed by atoms with Crippen LogP contribution >= 0.6 is 24.0 Å². The van der Waals surface area contributed by atoms with Gasteiger partial charge in [-0.15, -0.1) is 24.0 Å². The van der Waals surface area contributed by atoms with E-state index < -0.39 is 0 Å². The zero-order chi connectivity index (χ0) is 19.1. The van der Waals surface area contributed by atoms with E-state index in [1.54, 1.807) is 19.2 Å². The van der Waals surface area contributed by atoms with Crippen molar-refractivity contribution in [3.63, 3.8) is 0 Å². The summed E-state index contributed by atoms with van der Waals surface area (Å²) in [5, 5.41) is 3.49. The Labute approximate surface area is 184 Å². The van der Waals surface area contributed by atoms with Crippen LogP contribution < -0.4 is 5.32 Å². The zero-order valence-electron chi connectivity index (χ0n) is 16.5. The molecule has 152 valence electrons. The lowest BCUT2D eigenvalue weighted by molar-refractivity contribution is -0.0266. The van der Waals surface area contributed by atoms with Gasteiger partial charge in [0, 0.05) is 39.7 Å². The van der Waals surface area contributed by atoms with Gasteiger partial charge < -0.3 is 15.0 Å². The summed E-state index contributed by atoms with van der Waals surface area (Å²) in [6.45, 7) is 2.29. The molecule has 3 rings (SSSR count). The van der Waals surface area contributed by atoms with Crippen molar-refractivity contribution in [1.82, 2.24) is 10.2 Å². The van der Waals surface area contributed by atoms with Gasteiger partial charge in [-0.1, -0.05) is 42.5 Å². The smallest absolute Gasteiger partial charge is 0.193 e. The molecule has 0 radical (unpaired) electrons. The fourth-order valence-electron chi connectivity index (χ4n) is 3.61. The van der Waals surface area contributed by atoms with Crippen LogP contribution in [0.5, 0.6) is 0 Å². The highest BCUT2D eigenvalue weighted by Gasteiger charge is 2.27. The Bertz CT molecular complexity index is 739. The molecule has 1 aliphatic heterocycles. The quantitative estimate of drug-likeness (QED) is 0.372. The summed E-state index contributed by atoms with van der Waals surface area (Å²) in [6.07, 6.45) is 2.33. The molecule has 0 aromatic heterocycles. The molecule has 0 saturated carbocycles. The molecule has 0 amide bonds. The third kappa shape index (κ3) is 6.17. The Morgan fingerprint density at radius 3 is 2.57 bits per heavy atom. The first kappa shape index (κ1) is 22.6. The van der Waals surface area contributed by atoms with Crippen LogP contribution in [0.25, 0.3) is 0 Å². The Hall–Kier alpha value is -1.67. The van der Waals surface area contributed by atoms with Crippen molar-refractivity contribution in [3.8, 4) is 0 Å². The van der Waals surface area contributed by atoms with E-state index in [2.05, 4.69) is 39.5 Å². The first-order chi connectivity index (χ1) is 13.2. The summed E-state index contributed by atoms with van der Waals surface area (Å²) in [5.74, 6) is 1.02. The number of rotatable bonds is 5. The number of aliphatic imine (C=N–C) groups is 1. The van der Waals surface area contributed by atoms with Crippen molar-refractivity contribution >= 4 is 29.9 Å². The molecule has 2 aromatic rings. The van der Waals surface area contributed by atoms with Crippen LogP contribution in [-0.2, 0) is 11.3 Å². The molecule has 0 aliphatic carbocycles. The minimum Gasteiger partial charge on any atom is -0.373 e. The molecule has 1 aliphatic rings. The van der Waals surface area contributed by atoms with E-state index in [1.807, 2.05) is 13.1 Å². The number of ether oxygens (including phenoxy) is 1. The third-order valence-electron chi connectivity index (χ3n) is 5.00. The second-order valence-electron chi connectivity index (χ2n) is 7.02. The molecule has 2 aromatic carbocycles. The monoisotopic (exact) mass is 497 g/mol.